The van der Waals surface area contributed by atoms with Crippen LogP contribution in [0.15, 0.2) is 24.5 Å². The maximum atomic E-state index is 12.5. The molecule has 4 rings (SSSR count). The predicted molar refractivity (Wildman–Crippen MR) is 99.7 cm³/mol. The lowest BCUT2D eigenvalue weighted by Crippen LogP contribution is -2.42. The molecule has 1 aliphatic carbocycles. The highest BCUT2D eigenvalue weighted by molar-refractivity contribution is 7.99. The van der Waals surface area contributed by atoms with E-state index in [1.54, 1.807) is 29.1 Å². The molecule has 6 nitrogen and oxygen atoms in total. The van der Waals surface area contributed by atoms with E-state index in [4.69, 9.17) is 0 Å². The van der Waals surface area contributed by atoms with E-state index in [9.17, 15) is 14.7 Å². The lowest BCUT2D eigenvalue weighted by Gasteiger charge is -2.25. The maximum absolute atomic E-state index is 12.5. The number of fused-ring (bicyclic) bond motifs is 1. The van der Waals surface area contributed by atoms with Gasteiger partial charge in [-0.2, -0.15) is 11.8 Å². The Bertz CT molecular complexity index is 682. The first-order valence-corrected chi connectivity index (χ1v) is 10.4. The summed E-state index contributed by atoms with van der Waals surface area (Å²) < 4.78 is 0. The number of thioether (sulfide) groups is 1. The molecule has 0 spiro atoms. The van der Waals surface area contributed by atoms with Gasteiger partial charge in [-0.1, -0.05) is 0 Å². The number of carbonyl (C=O) groups is 2. The van der Waals surface area contributed by atoms with Crippen molar-refractivity contribution in [2.45, 2.75) is 19.4 Å². The Morgan fingerprint density at radius 2 is 2.00 bits per heavy atom. The van der Waals surface area contributed by atoms with Gasteiger partial charge < -0.3 is 10.0 Å². The van der Waals surface area contributed by atoms with Crippen LogP contribution in [0.5, 0.6) is 0 Å². The normalized spacial score (nSPS) is 28.3. The lowest BCUT2D eigenvalue weighted by atomic mass is 9.81. The molecule has 0 aromatic carbocycles. The molecule has 1 N–H and O–H groups in total. The first-order valence-electron chi connectivity index (χ1n) is 9.27. The Morgan fingerprint density at radius 1 is 1.23 bits per heavy atom. The summed E-state index contributed by atoms with van der Waals surface area (Å²) in [6.45, 7) is 2.89. The highest BCUT2D eigenvalue weighted by Gasteiger charge is 2.58. The molecule has 2 atom stereocenters. The van der Waals surface area contributed by atoms with Gasteiger partial charge in [-0.25, -0.2) is 0 Å². The zero-order valence-corrected chi connectivity index (χ0v) is 15.7. The Labute approximate surface area is 158 Å². The Hall–Kier alpha value is -1.60. The number of carbonyl (C=O) groups excluding carboxylic acids is 1. The van der Waals surface area contributed by atoms with Crippen molar-refractivity contribution in [2.75, 3.05) is 37.7 Å². The number of amides is 1. The van der Waals surface area contributed by atoms with Gasteiger partial charge in [0.05, 0.1) is 5.75 Å². The molecule has 3 fully saturated rings. The van der Waals surface area contributed by atoms with Crippen LogP contribution in [0, 0.1) is 17.3 Å². The quantitative estimate of drug-likeness (QED) is 0.780. The van der Waals surface area contributed by atoms with Gasteiger partial charge in [-0.15, -0.1) is 0 Å². The number of hydrogen-bond acceptors (Lipinski definition) is 5. The zero-order chi connectivity index (χ0) is 18.1. The minimum Gasteiger partial charge on any atom is -0.481 e. The highest BCUT2D eigenvalue weighted by atomic mass is 32.2. The molecule has 1 aromatic heterocycles. The molecule has 3 aliphatic rings. The van der Waals surface area contributed by atoms with Gasteiger partial charge in [0.25, 0.3) is 0 Å². The fourth-order valence-electron chi connectivity index (χ4n) is 4.22. The van der Waals surface area contributed by atoms with Crippen LogP contribution in [0.4, 0.5) is 0 Å². The molecule has 1 aromatic rings. The first kappa shape index (κ1) is 17.8. The number of nitrogens with zero attached hydrogens (tertiary/aromatic N) is 3. The summed E-state index contributed by atoms with van der Waals surface area (Å²) in [6.07, 6.45) is 6.11. The standard InChI is InChI=1S/C19H25N3O3S/c23-17(11-26-10-15-1-2-15)22-9-16-8-21(7-14-3-5-20-6-4-14)12-19(16,13-22)18(24)25/h3-6,15-16H,1-2,7-13H2,(H,24,25)/t16-,19-/m1/s1. The molecule has 1 amide bonds. The van der Waals surface area contributed by atoms with Crippen molar-refractivity contribution in [1.82, 2.24) is 14.8 Å². The molecular weight excluding hydrogens is 350 g/mol. The Morgan fingerprint density at radius 3 is 2.65 bits per heavy atom. The van der Waals surface area contributed by atoms with Crippen molar-refractivity contribution < 1.29 is 14.7 Å². The van der Waals surface area contributed by atoms with Crippen molar-refractivity contribution in [3.05, 3.63) is 30.1 Å². The van der Waals surface area contributed by atoms with Crippen LogP contribution in [-0.2, 0) is 16.1 Å². The molecule has 3 heterocycles. The fourth-order valence-corrected chi connectivity index (χ4v) is 5.36. The van der Waals surface area contributed by atoms with Gasteiger partial charge in [0, 0.05) is 51.0 Å². The molecule has 2 aliphatic heterocycles. The van der Waals surface area contributed by atoms with Crippen molar-refractivity contribution in [1.29, 1.82) is 0 Å². The van der Waals surface area contributed by atoms with E-state index in [-0.39, 0.29) is 11.8 Å². The Balaban J connectivity index is 1.36. The average Bonchev–Trinajstić information content (AvgIpc) is 3.26. The summed E-state index contributed by atoms with van der Waals surface area (Å²) in [5, 5.41) is 9.93. The molecule has 0 radical (unpaired) electrons. The molecule has 140 valence electrons. The number of carboxylic acid groups (broad SMARTS) is 1. The molecule has 0 bridgehead atoms. The van der Waals surface area contributed by atoms with Crippen molar-refractivity contribution in [3.8, 4) is 0 Å². The van der Waals surface area contributed by atoms with E-state index in [0.717, 1.165) is 30.3 Å². The topological polar surface area (TPSA) is 73.7 Å². The van der Waals surface area contributed by atoms with Crippen LogP contribution in [0.1, 0.15) is 18.4 Å². The van der Waals surface area contributed by atoms with Crippen molar-refractivity contribution in [3.63, 3.8) is 0 Å². The minimum atomic E-state index is -0.816. The fraction of sp³-hybridized carbons (Fsp3) is 0.632. The van der Waals surface area contributed by atoms with Gasteiger partial charge in [0.2, 0.25) is 5.91 Å². The molecular formula is C19H25N3O3S. The van der Waals surface area contributed by atoms with Gasteiger partial charge in [-0.3, -0.25) is 19.5 Å². The molecule has 7 heteroatoms. The van der Waals surface area contributed by atoms with Gasteiger partial charge in [0.15, 0.2) is 0 Å². The Kier molecular flexibility index (Phi) is 4.92. The zero-order valence-electron chi connectivity index (χ0n) is 14.8. The monoisotopic (exact) mass is 375 g/mol. The summed E-state index contributed by atoms with van der Waals surface area (Å²) in [7, 11) is 0. The summed E-state index contributed by atoms with van der Waals surface area (Å²) in [5.41, 5.74) is 0.328. The number of rotatable bonds is 7. The third-order valence-corrected chi connectivity index (χ3v) is 7.05. The maximum Gasteiger partial charge on any atom is 0.313 e. The van der Waals surface area contributed by atoms with Gasteiger partial charge in [0.1, 0.15) is 5.41 Å². The van der Waals surface area contributed by atoms with Gasteiger partial charge in [-0.05, 0) is 42.2 Å². The SMILES string of the molecule is O=C(CSCC1CC1)N1C[C@H]2CN(Cc3ccncc3)C[C@@]2(C(=O)O)C1. The van der Waals surface area contributed by atoms with E-state index in [1.165, 1.54) is 12.8 Å². The number of likely N-dealkylation sites (tertiary alicyclic amines) is 2. The molecule has 1 saturated carbocycles. The second kappa shape index (κ2) is 7.19. The second-order valence-corrected chi connectivity index (χ2v) is 8.95. The number of hydrogen-bond donors (Lipinski definition) is 1. The van der Waals surface area contributed by atoms with Crippen LogP contribution in [0.2, 0.25) is 0 Å². The van der Waals surface area contributed by atoms with Crippen LogP contribution < -0.4 is 0 Å². The van der Waals surface area contributed by atoms with E-state index >= 15 is 0 Å². The van der Waals surface area contributed by atoms with Crippen LogP contribution in [0.25, 0.3) is 0 Å². The first-order chi connectivity index (χ1) is 12.6. The lowest BCUT2D eigenvalue weighted by molar-refractivity contribution is -0.149. The summed E-state index contributed by atoms with van der Waals surface area (Å²) in [4.78, 5) is 32.6. The van der Waals surface area contributed by atoms with Crippen LogP contribution in [0.3, 0.4) is 0 Å². The van der Waals surface area contributed by atoms with E-state index in [0.29, 0.717) is 25.4 Å². The van der Waals surface area contributed by atoms with E-state index in [1.807, 2.05) is 12.1 Å². The largest absolute Gasteiger partial charge is 0.481 e. The van der Waals surface area contributed by atoms with E-state index in [2.05, 4.69) is 9.88 Å². The summed E-state index contributed by atoms with van der Waals surface area (Å²) in [6, 6.07) is 3.93. The van der Waals surface area contributed by atoms with E-state index < -0.39 is 11.4 Å². The van der Waals surface area contributed by atoms with Crippen LogP contribution in [-0.4, -0.2) is 69.5 Å². The van der Waals surface area contributed by atoms with Crippen molar-refractivity contribution in [2.24, 2.45) is 17.3 Å². The second-order valence-electron chi connectivity index (χ2n) is 7.92. The minimum absolute atomic E-state index is 0.0132. The predicted octanol–water partition coefficient (Wildman–Crippen LogP) is 1.57. The van der Waals surface area contributed by atoms with Gasteiger partial charge >= 0.3 is 5.97 Å². The number of aromatic nitrogens is 1. The third kappa shape index (κ3) is 3.60. The molecule has 0 unspecified atom stereocenters. The highest BCUT2D eigenvalue weighted by Crippen LogP contribution is 2.43. The number of carboxylic acids is 1. The summed E-state index contributed by atoms with van der Waals surface area (Å²) >= 11 is 1.70. The average molecular weight is 375 g/mol. The number of aliphatic carboxylic acids is 1. The smallest absolute Gasteiger partial charge is 0.313 e. The summed E-state index contributed by atoms with van der Waals surface area (Å²) in [5.74, 6) is 1.70. The molecule has 26 heavy (non-hydrogen) atoms. The number of pyridine rings is 1. The van der Waals surface area contributed by atoms with Crippen LogP contribution >= 0.6 is 11.8 Å². The van der Waals surface area contributed by atoms with Crippen molar-refractivity contribution >= 4 is 23.6 Å². The third-order valence-electron chi connectivity index (χ3n) is 5.89. The molecule has 2 saturated heterocycles.